The highest BCUT2D eigenvalue weighted by Crippen LogP contribution is 2.29. The highest BCUT2D eigenvalue weighted by molar-refractivity contribution is 4.80. The second-order valence-electron chi connectivity index (χ2n) is 5.71. The van der Waals surface area contributed by atoms with Gasteiger partial charge in [-0.25, -0.2) is 0 Å². The summed E-state index contributed by atoms with van der Waals surface area (Å²) in [5, 5.41) is 3.80. The lowest BCUT2D eigenvalue weighted by molar-refractivity contribution is 0.236. The van der Waals surface area contributed by atoms with E-state index in [1.165, 1.54) is 57.9 Å². The SMILES string of the molecule is CCCNC(CC(C)CC)C1CCCCC1. The Hall–Kier alpha value is -0.0400. The van der Waals surface area contributed by atoms with Crippen molar-refractivity contribution in [2.24, 2.45) is 11.8 Å². The van der Waals surface area contributed by atoms with Gasteiger partial charge in [-0.3, -0.25) is 0 Å². The largest absolute Gasteiger partial charge is 0.314 e. The summed E-state index contributed by atoms with van der Waals surface area (Å²) in [7, 11) is 0. The predicted molar refractivity (Wildman–Crippen MR) is 72.7 cm³/mol. The van der Waals surface area contributed by atoms with Crippen molar-refractivity contribution in [3.63, 3.8) is 0 Å². The molecule has 0 aromatic rings. The van der Waals surface area contributed by atoms with Crippen LogP contribution in [0.2, 0.25) is 0 Å². The quantitative estimate of drug-likeness (QED) is 0.678. The second kappa shape index (κ2) is 8.11. The minimum absolute atomic E-state index is 0.801. The Morgan fingerprint density at radius 2 is 1.81 bits per heavy atom. The fourth-order valence-corrected chi connectivity index (χ4v) is 2.91. The lowest BCUT2D eigenvalue weighted by Gasteiger charge is -2.32. The molecule has 1 saturated carbocycles. The zero-order valence-electron chi connectivity index (χ0n) is 11.6. The van der Waals surface area contributed by atoms with Crippen LogP contribution in [0.1, 0.15) is 72.1 Å². The summed E-state index contributed by atoms with van der Waals surface area (Å²) in [5.41, 5.74) is 0. The van der Waals surface area contributed by atoms with Crippen LogP contribution in [0, 0.1) is 11.8 Å². The monoisotopic (exact) mass is 225 g/mol. The van der Waals surface area contributed by atoms with Crippen molar-refractivity contribution in [1.29, 1.82) is 0 Å². The molecule has 1 N–H and O–H groups in total. The molecule has 16 heavy (non-hydrogen) atoms. The van der Waals surface area contributed by atoms with Gasteiger partial charge in [0, 0.05) is 6.04 Å². The molecule has 1 rings (SSSR count). The van der Waals surface area contributed by atoms with Gasteiger partial charge in [0.2, 0.25) is 0 Å². The zero-order chi connectivity index (χ0) is 11.8. The van der Waals surface area contributed by atoms with Crippen molar-refractivity contribution >= 4 is 0 Å². The predicted octanol–water partition coefficient (Wildman–Crippen LogP) is 4.37. The summed E-state index contributed by atoms with van der Waals surface area (Å²) in [4.78, 5) is 0. The molecule has 1 aliphatic carbocycles. The first-order chi connectivity index (χ1) is 7.77. The molecule has 96 valence electrons. The third kappa shape index (κ3) is 4.86. The molecule has 1 aliphatic rings. The average Bonchev–Trinajstić information content (AvgIpc) is 2.35. The van der Waals surface area contributed by atoms with Crippen LogP contribution >= 0.6 is 0 Å². The van der Waals surface area contributed by atoms with E-state index in [2.05, 4.69) is 26.1 Å². The summed E-state index contributed by atoms with van der Waals surface area (Å²) in [6, 6.07) is 0.801. The molecule has 0 spiro atoms. The molecule has 0 saturated heterocycles. The first-order valence-corrected chi connectivity index (χ1v) is 7.51. The Labute approximate surface area is 102 Å². The van der Waals surface area contributed by atoms with Gasteiger partial charge in [0.25, 0.3) is 0 Å². The van der Waals surface area contributed by atoms with Gasteiger partial charge in [-0.15, -0.1) is 0 Å². The normalized spacial score (nSPS) is 21.9. The van der Waals surface area contributed by atoms with E-state index < -0.39 is 0 Å². The maximum Gasteiger partial charge on any atom is 0.00978 e. The molecular weight excluding hydrogens is 194 g/mol. The molecule has 2 atom stereocenters. The maximum atomic E-state index is 3.80. The van der Waals surface area contributed by atoms with Crippen LogP contribution in [0.15, 0.2) is 0 Å². The molecule has 0 heterocycles. The lowest BCUT2D eigenvalue weighted by Crippen LogP contribution is -2.39. The van der Waals surface area contributed by atoms with Gasteiger partial charge in [0.15, 0.2) is 0 Å². The van der Waals surface area contributed by atoms with Crippen LogP contribution in [-0.2, 0) is 0 Å². The number of hydrogen-bond acceptors (Lipinski definition) is 1. The van der Waals surface area contributed by atoms with Crippen molar-refractivity contribution in [3.8, 4) is 0 Å². The van der Waals surface area contributed by atoms with Gasteiger partial charge in [-0.1, -0.05) is 46.5 Å². The summed E-state index contributed by atoms with van der Waals surface area (Å²) in [6.45, 7) is 8.21. The Balaban J connectivity index is 2.40. The van der Waals surface area contributed by atoms with Gasteiger partial charge in [0.1, 0.15) is 0 Å². The molecule has 2 unspecified atom stereocenters. The Kier molecular flexibility index (Phi) is 7.11. The van der Waals surface area contributed by atoms with Gasteiger partial charge in [-0.2, -0.15) is 0 Å². The summed E-state index contributed by atoms with van der Waals surface area (Å²) in [5.74, 6) is 1.85. The van der Waals surface area contributed by atoms with Gasteiger partial charge >= 0.3 is 0 Å². The molecule has 1 fully saturated rings. The van der Waals surface area contributed by atoms with E-state index in [0.717, 1.165) is 17.9 Å². The molecule has 0 aliphatic heterocycles. The van der Waals surface area contributed by atoms with Crippen molar-refractivity contribution in [2.45, 2.75) is 78.2 Å². The van der Waals surface area contributed by atoms with E-state index in [1.807, 2.05) is 0 Å². The Bertz CT molecular complexity index is 161. The van der Waals surface area contributed by atoms with E-state index >= 15 is 0 Å². The second-order valence-corrected chi connectivity index (χ2v) is 5.71. The van der Waals surface area contributed by atoms with Crippen molar-refractivity contribution in [1.82, 2.24) is 5.32 Å². The highest BCUT2D eigenvalue weighted by Gasteiger charge is 2.23. The highest BCUT2D eigenvalue weighted by atomic mass is 14.9. The van der Waals surface area contributed by atoms with E-state index in [0.29, 0.717) is 0 Å². The van der Waals surface area contributed by atoms with E-state index in [4.69, 9.17) is 0 Å². The van der Waals surface area contributed by atoms with E-state index in [9.17, 15) is 0 Å². The fraction of sp³-hybridized carbons (Fsp3) is 1.00. The van der Waals surface area contributed by atoms with Crippen LogP contribution in [-0.4, -0.2) is 12.6 Å². The lowest BCUT2D eigenvalue weighted by atomic mass is 9.80. The van der Waals surface area contributed by atoms with Crippen LogP contribution in [0.25, 0.3) is 0 Å². The fourth-order valence-electron chi connectivity index (χ4n) is 2.91. The third-order valence-corrected chi connectivity index (χ3v) is 4.23. The number of hydrogen-bond donors (Lipinski definition) is 1. The molecule has 0 aromatic carbocycles. The minimum atomic E-state index is 0.801. The van der Waals surface area contributed by atoms with E-state index in [1.54, 1.807) is 0 Å². The van der Waals surface area contributed by atoms with Crippen LogP contribution in [0.4, 0.5) is 0 Å². The smallest absolute Gasteiger partial charge is 0.00978 e. The first kappa shape index (κ1) is 14.0. The van der Waals surface area contributed by atoms with Crippen LogP contribution in [0.5, 0.6) is 0 Å². The molecule has 0 amide bonds. The zero-order valence-corrected chi connectivity index (χ0v) is 11.6. The standard InChI is InChI=1S/C15H31N/c1-4-11-16-15(12-13(3)5-2)14-9-7-6-8-10-14/h13-16H,4-12H2,1-3H3. The molecule has 0 radical (unpaired) electrons. The average molecular weight is 225 g/mol. The molecule has 1 heteroatoms. The number of nitrogens with one attached hydrogen (secondary N) is 1. The third-order valence-electron chi connectivity index (χ3n) is 4.23. The molecule has 1 nitrogen and oxygen atoms in total. The summed E-state index contributed by atoms with van der Waals surface area (Å²) >= 11 is 0. The van der Waals surface area contributed by atoms with Crippen LogP contribution in [0.3, 0.4) is 0 Å². The molecule has 0 bridgehead atoms. The van der Waals surface area contributed by atoms with Gasteiger partial charge in [0.05, 0.1) is 0 Å². The topological polar surface area (TPSA) is 12.0 Å². The number of rotatable bonds is 7. The Morgan fingerprint density at radius 1 is 1.12 bits per heavy atom. The van der Waals surface area contributed by atoms with Crippen molar-refractivity contribution in [2.75, 3.05) is 6.54 Å². The Morgan fingerprint density at radius 3 is 2.38 bits per heavy atom. The molecular formula is C15H31N. The van der Waals surface area contributed by atoms with E-state index in [-0.39, 0.29) is 0 Å². The van der Waals surface area contributed by atoms with Gasteiger partial charge in [-0.05, 0) is 44.1 Å². The van der Waals surface area contributed by atoms with Crippen LogP contribution < -0.4 is 5.32 Å². The first-order valence-electron chi connectivity index (χ1n) is 7.51. The van der Waals surface area contributed by atoms with Crippen molar-refractivity contribution in [3.05, 3.63) is 0 Å². The summed E-state index contributed by atoms with van der Waals surface area (Å²) in [6.07, 6.45) is 11.3. The maximum absolute atomic E-state index is 3.80. The summed E-state index contributed by atoms with van der Waals surface area (Å²) < 4.78 is 0. The molecule has 0 aromatic heterocycles. The minimum Gasteiger partial charge on any atom is -0.314 e. The van der Waals surface area contributed by atoms with Gasteiger partial charge < -0.3 is 5.32 Å². The van der Waals surface area contributed by atoms with Crippen molar-refractivity contribution < 1.29 is 0 Å².